The lowest BCUT2D eigenvalue weighted by atomic mass is 9.87. The fourth-order valence-corrected chi connectivity index (χ4v) is 3.45. The molecule has 2 aromatic carbocycles. The minimum Gasteiger partial charge on any atom is -0.504 e. The van der Waals surface area contributed by atoms with E-state index in [4.69, 9.17) is 23.2 Å². The number of benzene rings is 2. The lowest BCUT2D eigenvalue weighted by Gasteiger charge is -2.35. The Morgan fingerprint density at radius 2 is 1.73 bits per heavy atom. The van der Waals surface area contributed by atoms with Crippen LogP contribution >= 0.6 is 23.2 Å². The molecule has 0 bridgehead atoms. The molecule has 3 rings (SSSR count). The number of hydrogen-bond acceptors (Lipinski definition) is 4. The molecule has 0 saturated heterocycles. The summed E-state index contributed by atoms with van der Waals surface area (Å²) in [6.07, 6.45) is 0. The molecular weight excluding hydrogens is 325 g/mol. The van der Waals surface area contributed by atoms with Crippen LogP contribution in [-0.4, -0.2) is 34.5 Å². The fraction of sp³-hybridized carbons (Fsp3) is 0.188. The number of ketones is 1. The first-order valence-corrected chi connectivity index (χ1v) is 7.39. The van der Waals surface area contributed by atoms with Gasteiger partial charge in [0.15, 0.2) is 17.3 Å². The molecule has 1 atom stereocenters. The molecule has 0 amide bonds. The number of Topliss-reactive ketones (excluding diaryl/α,β-unsaturated/α-hetero) is 1. The predicted octanol–water partition coefficient (Wildman–Crippen LogP) is 3.62. The first-order valence-electron chi connectivity index (χ1n) is 6.63. The number of aromatic hydroxyl groups is 2. The number of carbonyl (C=O) groups is 1. The Labute approximate surface area is 137 Å². The highest BCUT2D eigenvalue weighted by molar-refractivity contribution is 6.36. The molecule has 1 heterocycles. The Hall–Kier alpha value is -1.75. The van der Waals surface area contributed by atoms with Crippen molar-refractivity contribution in [2.45, 2.75) is 6.04 Å². The summed E-state index contributed by atoms with van der Waals surface area (Å²) in [6, 6.07) is 7.51. The van der Waals surface area contributed by atoms with E-state index in [0.717, 1.165) is 0 Å². The predicted molar refractivity (Wildman–Crippen MR) is 85.0 cm³/mol. The van der Waals surface area contributed by atoms with Crippen molar-refractivity contribution in [3.8, 4) is 11.5 Å². The van der Waals surface area contributed by atoms with E-state index >= 15 is 0 Å². The maximum Gasteiger partial charge on any atom is 0.177 e. The van der Waals surface area contributed by atoms with E-state index in [1.807, 2.05) is 4.90 Å². The number of likely N-dealkylation sites (N-methyl/N-ethyl adjacent to an activating group) is 1. The van der Waals surface area contributed by atoms with Crippen molar-refractivity contribution in [3.05, 3.63) is 57.1 Å². The van der Waals surface area contributed by atoms with Crippen LogP contribution in [0.25, 0.3) is 0 Å². The van der Waals surface area contributed by atoms with Gasteiger partial charge in [-0.25, -0.2) is 0 Å². The van der Waals surface area contributed by atoms with Gasteiger partial charge in [-0.05, 0) is 36.9 Å². The Morgan fingerprint density at radius 1 is 1.14 bits per heavy atom. The molecule has 2 N–H and O–H groups in total. The second-order valence-electron chi connectivity index (χ2n) is 5.30. The van der Waals surface area contributed by atoms with Crippen LogP contribution in [0.2, 0.25) is 10.0 Å². The summed E-state index contributed by atoms with van der Waals surface area (Å²) in [5.41, 5.74) is 1.62. The maximum atomic E-state index is 12.2. The Kier molecular flexibility index (Phi) is 3.77. The smallest absolute Gasteiger partial charge is 0.177 e. The number of fused-ring (bicyclic) bond motifs is 1. The summed E-state index contributed by atoms with van der Waals surface area (Å²) in [4.78, 5) is 14.0. The molecule has 6 heteroatoms. The highest BCUT2D eigenvalue weighted by Gasteiger charge is 2.34. The van der Waals surface area contributed by atoms with Gasteiger partial charge in [0.2, 0.25) is 0 Å². The molecule has 4 nitrogen and oxygen atoms in total. The molecule has 0 aromatic heterocycles. The van der Waals surface area contributed by atoms with Crippen LogP contribution in [0.1, 0.15) is 27.5 Å². The molecule has 0 fully saturated rings. The summed E-state index contributed by atoms with van der Waals surface area (Å²) in [5, 5.41) is 20.4. The van der Waals surface area contributed by atoms with E-state index in [2.05, 4.69) is 0 Å². The van der Waals surface area contributed by atoms with Crippen LogP contribution in [-0.2, 0) is 0 Å². The molecular formula is C16H13Cl2NO3. The van der Waals surface area contributed by atoms with Crippen LogP contribution in [0.3, 0.4) is 0 Å². The first kappa shape index (κ1) is 15.2. The van der Waals surface area contributed by atoms with Crippen LogP contribution < -0.4 is 0 Å². The molecule has 114 valence electrons. The number of phenols is 2. The molecule has 0 aliphatic carbocycles. The zero-order chi connectivity index (χ0) is 16.0. The van der Waals surface area contributed by atoms with Crippen molar-refractivity contribution in [2.24, 2.45) is 0 Å². The van der Waals surface area contributed by atoms with Gasteiger partial charge in [0.05, 0.1) is 12.6 Å². The second kappa shape index (κ2) is 5.47. The maximum absolute atomic E-state index is 12.2. The zero-order valence-electron chi connectivity index (χ0n) is 11.7. The third-order valence-electron chi connectivity index (χ3n) is 3.85. The molecule has 0 spiro atoms. The molecule has 1 aliphatic heterocycles. The molecule has 0 unspecified atom stereocenters. The van der Waals surface area contributed by atoms with E-state index in [1.54, 1.807) is 25.2 Å². The third kappa shape index (κ3) is 2.33. The zero-order valence-corrected chi connectivity index (χ0v) is 13.2. The minimum absolute atomic E-state index is 0.132. The molecule has 0 radical (unpaired) electrons. The normalized spacial score (nSPS) is 18.3. The number of phenolic OH excluding ortho intramolecular Hbond substituents is 2. The van der Waals surface area contributed by atoms with Crippen LogP contribution in [0, 0.1) is 0 Å². The number of halogens is 2. The average molecular weight is 338 g/mol. The van der Waals surface area contributed by atoms with E-state index in [1.165, 1.54) is 12.1 Å². The van der Waals surface area contributed by atoms with Gasteiger partial charge < -0.3 is 10.2 Å². The average Bonchev–Trinajstić information content (AvgIpc) is 2.44. The van der Waals surface area contributed by atoms with Gasteiger partial charge in [0.25, 0.3) is 0 Å². The topological polar surface area (TPSA) is 60.8 Å². The first-order chi connectivity index (χ1) is 10.4. The largest absolute Gasteiger partial charge is 0.504 e. The van der Waals surface area contributed by atoms with Gasteiger partial charge >= 0.3 is 0 Å². The van der Waals surface area contributed by atoms with Gasteiger partial charge in [-0.1, -0.05) is 29.3 Å². The van der Waals surface area contributed by atoms with Crippen LogP contribution in [0.5, 0.6) is 11.5 Å². The van der Waals surface area contributed by atoms with Crippen molar-refractivity contribution in [1.82, 2.24) is 4.90 Å². The van der Waals surface area contributed by atoms with E-state index in [-0.39, 0.29) is 29.9 Å². The van der Waals surface area contributed by atoms with Gasteiger partial charge in [-0.3, -0.25) is 9.69 Å². The summed E-state index contributed by atoms with van der Waals surface area (Å²) >= 11 is 12.6. The number of hydrogen-bond donors (Lipinski definition) is 2. The Morgan fingerprint density at radius 3 is 2.36 bits per heavy atom. The van der Waals surface area contributed by atoms with Crippen LogP contribution in [0.4, 0.5) is 0 Å². The van der Waals surface area contributed by atoms with E-state index in [0.29, 0.717) is 26.7 Å². The van der Waals surface area contributed by atoms with Gasteiger partial charge in [0.1, 0.15) is 0 Å². The molecule has 0 saturated carbocycles. The second-order valence-corrected chi connectivity index (χ2v) is 6.12. The summed E-state index contributed by atoms with van der Waals surface area (Å²) < 4.78 is 0. The lowest BCUT2D eigenvalue weighted by Crippen LogP contribution is -2.37. The number of nitrogens with zero attached hydrogens (tertiary/aromatic N) is 1. The molecule has 22 heavy (non-hydrogen) atoms. The minimum atomic E-state index is -0.375. The third-order valence-corrected chi connectivity index (χ3v) is 4.51. The SMILES string of the molecule is CN1CC(=O)c2cc(O)c(O)cc2[C@@H]1c1c(Cl)cccc1Cl. The van der Waals surface area contributed by atoms with Crippen molar-refractivity contribution in [1.29, 1.82) is 0 Å². The van der Waals surface area contributed by atoms with Crippen molar-refractivity contribution < 1.29 is 15.0 Å². The highest BCUT2D eigenvalue weighted by Crippen LogP contribution is 2.43. The molecule has 2 aromatic rings. The lowest BCUT2D eigenvalue weighted by molar-refractivity contribution is 0.0903. The van der Waals surface area contributed by atoms with E-state index < -0.39 is 0 Å². The molecule has 1 aliphatic rings. The number of carbonyl (C=O) groups excluding carboxylic acids is 1. The monoisotopic (exact) mass is 337 g/mol. The van der Waals surface area contributed by atoms with Gasteiger partial charge in [0, 0.05) is 21.2 Å². The van der Waals surface area contributed by atoms with Crippen LogP contribution in [0.15, 0.2) is 30.3 Å². The summed E-state index contributed by atoms with van der Waals surface area (Å²) in [7, 11) is 1.79. The quantitative estimate of drug-likeness (QED) is 0.780. The summed E-state index contributed by atoms with van der Waals surface area (Å²) in [6.45, 7) is 0.170. The summed E-state index contributed by atoms with van der Waals surface area (Å²) in [5.74, 6) is -0.733. The van der Waals surface area contributed by atoms with Crippen molar-refractivity contribution >= 4 is 29.0 Å². The number of rotatable bonds is 1. The van der Waals surface area contributed by atoms with Crippen molar-refractivity contribution in [3.63, 3.8) is 0 Å². The standard InChI is InChI=1S/C16H13Cl2NO3/c1-19-7-14(22)8-5-12(20)13(21)6-9(8)16(19)15-10(17)3-2-4-11(15)18/h2-6,16,20-21H,7H2,1H3/t16-/m1/s1. The van der Waals surface area contributed by atoms with Gasteiger partial charge in [-0.15, -0.1) is 0 Å². The fourth-order valence-electron chi connectivity index (χ4n) is 2.85. The Bertz CT molecular complexity index is 756. The highest BCUT2D eigenvalue weighted by atomic mass is 35.5. The van der Waals surface area contributed by atoms with E-state index in [9.17, 15) is 15.0 Å². The van der Waals surface area contributed by atoms with Crippen molar-refractivity contribution in [2.75, 3.05) is 13.6 Å². The van der Waals surface area contributed by atoms with Gasteiger partial charge in [-0.2, -0.15) is 0 Å². The Balaban J connectivity index is 2.28.